The van der Waals surface area contributed by atoms with Gasteiger partial charge in [0.25, 0.3) is 5.91 Å². The van der Waals surface area contributed by atoms with Gasteiger partial charge >= 0.3 is 5.97 Å². The third-order valence-electron chi connectivity index (χ3n) is 2.75. The number of pyridine rings is 1. The van der Waals surface area contributed by atoms with Crippen molar-refractivity contribution in [2.24, 2.45) is 0 Å². The van der Waals surface area contributed by atoms with Crippen LogP contribution in [0.1, 0.15) is 20.8 Å². The summed E-state index contributed by atoms with van der Waals surface area (Å²) in [6.07, 6.45) is 1.26. The number of carboxylic acid groups (broad SMARTS) is 1. The molecule has 0 atom stereocenters. The first kappa shape index (κ1) is 14.2. The molecule has 0 radical (unpaired) electrons. The lowest BCUT2D eigenvalue weighted by atomic mass is 10.2. The maximum absolute atomic E-state index is 12.3. The lowest BCUT2D eigenvalue weighted by molar-refractivity contribution is 0.0690. The van der Waals surface area contributed by atoms with Gasteiger partial charge in [0.2, 0.25) is 0 Å². The number of nitrogens with zero attached hydrogens (tertiary/aromatic N) is 2. The smallest absolute Gasteiger partial charge is 0.354 e. The highest BCUT2D eigenvalue weighted by Crippen LogP contribution is 2.25. The zero-order valence-corrected chi connectivity index (χ0v) is 12.2. The summed E-state index contributed by atoms with van der Waals surface area (Å²) >= 11 is 3.38. The Bertz CT molecular complexity index is 656. The maximum atomic E-state index is 12.3. The first-order valence-corrected chi connectivity index (χ1v) is 6.52. The molecular formula is C14H11BrN2O3. The van der Waals surface area contributed by atoms with Crippen molar-refractivity contribution >= 4 is 33.5 Å². The van der Waals surface area contributed by atoms with Crippen molar-refractivity contribution in [1.82, 2.24) is 4.98 Å². The minimum Gasteiger partial charge on any atom is -0.477 e. The van der Waals surface area contributed by atoms with Crippen LogP contribution in [0.15, 0.2) is 47.1 Å². The molecular weight excluding hydrogens is 324 g/mol. The van der Waals surface area contributed by atoms with Gasteiger partial charge in [-0.3, -0.25) is 4.79 Å². The Hall–Kier alpha value is -2.21. The molecule has 5 nitrogen and oxygen atoms in total. The Kier molecular flexibility index (Phi) is 4.14. The number of rotatable bonds is 3. The molecule has 0 aliphatic rings. The molecule has 0 saturated heterocycles. The number of para-hydroxylation sites is 1. The molecule has 102 valence electrons. The number of aromatic carboxylic acids is 1. The number of hydrogen-bond acceptors (Lipinski definition) is 3. The number of aromatic nitrogens is 1. The Labute approximate surface area is 124 Å². The topological polar surface area (TPSA) is 70.5 Å². The fraction of sp³-hybridized carbons (Fsp3) is 0.0714. The van der Waals surface area contributed by atoms with Gasteiger partial charge in [-0.25, -0.2) is 9.78 Å². The third kappa shape index (κ3) is 2.85. The number of carbonyl (C=O) groups is 2. The lowest BCUT2D eigenvalue weighted by Crippen LogP contribution is -2.26. The molecule has 0 fully saturated rings. The van der Waals surface area contributed by atoms with Crippen LogP contribution < -0.4 is 4.90 Å². The summed E-state index contributed by atoms with van der Waals surface area (Å²) in [6, 6.07) is 10.1. The monoisotopic (exact) mass is 334 g/mol. The maximum Gasteiger partial charge on any atom is 0.354 e. The van der Waals surface area contributed by atoms with Crippen LogP contribution in [0, 0.1) is 0 Å². The van der Waals surface area contributed by atoms with E-state index < -0.39 is 5.97 Å². The molecule has 0 spiro atoms. The molecule has 0 unspecified atom stereocenters. The van der Waals surface area contributed by atoms with Crippen molar-refractivity contribution in [3.05, 3.63) is 58.3 Å². The SMILES string of the molecule is CN(C(=O)c1ccc(C(=O)O)nc1)c1ccccc1Br. The van der Waals surface area contributed by atoms with Crippen molar-refractivity contribution in [2.75, 3.05) is 11.9 Å². The van der Waals surface area contributed by atoms with E-state index in [1.165, 1.54) is 23.2 Å². The van der Waals surface area contributed by atoms with E-state index in [2.05, 4.69) is 20.9 Å². The van der Waals surface area contributed by atoms with E-state index in [0.717, 1.165) is 10.2 Å². The Morgan fingerprint density at radius 3 is 2.45 bits per heavy atom. The summed E-state index contributed by atoms with van der Waals surface area (Å²) in [7, 11) is 1.65. The summed E-state index contributed by atoms with van der Waals surface area (Å²) < 4.78 is 0.797. The van der Waals surface area contributed by atoms with Gasteiger partial charge in [-0.15, -0.1) is 0 Å². The van der Waals surface area contributed by atoms with Crippen molar-refractivity contribution in [1.29, 1.82) is 0 Å². The van der Waals surface area contributed by atoms with E-state index in [9.17, 15) is 9.59 Å². The number of anilines is 1. The molecule has 1 N–H and O–H groups in total. The van der Waals surface area contributed by atoms with Crippen molar-refractivity contribution < 1.29 is 14.7 Å². The Morgan fingerprint density at radius 1 is 1.20 bits per heavy atom. The second kappa shape index (κ2) is 5.83. The first-order valence-electron chi connectivity index (χ1n) is 5.72. The largest absolute Gasteiger partial charge is 0.477 e. The summed E-state index contributed by atoms with van der Waals surface area (Å²) in [6.45, 7) is 0. The van der Waals surface area contributed by atoms with Gasteiger partial charge in [-0.1, -0.05) is 12.1 Å². The zero-order valence-electron chi connectivity index (χ0n) is 10.6. The lowest BCUT2D eigenvalue weighted by Gasteiger charge is -2.18. The minimum atomic E-state index is -1.12. The van der Waals surface area contributed by atoms with Crippen LogP contribution in [0.25, 0.3) is 0 Å². The molecule has 1 aromatic heterocycles. The molecule has 0 aliphatic carbocycles. The predicted octanol–water partition coefficient (Wildman–Crippen LogP) is 2.82. The number of halogens is 1. The molecule has 1 amide bonds. The van der Waals surface area contributed by atoms with Crippen LogP contribution >= 0.6 is 15.9 Å². The van der Waals surface area contributed by atoms with Crippen molar-refractivity contribution in [3.8, 4) is 0 Å². The highest BCUT2D eigenvalue weighted by atomic mass is 79.9. The normalized spacial score (nSPS) is 10.1. The molecule has 6 heteroatoms. The molecule has 0 bridgehead atoms. The van der Waals surface area contributed by atoms with Gasteiger partial charge in [0.1, 0.15) is 5.69 Å². The van der Waals surface area contributed by atoms with Gasteiger partial charge in [-0.2, -0.15) is 0 Å². The summed E-state index contributed by atoms with van der Waals surface area (Å²) in [5.74, 6) is -1.38. The highest BCUT2D eigenvalue weighted by molar-refractivity contribution is 9.10. The Balaban J connectivity index is 2.27. The number of hydrogen-bond donors (Lipinski definition) is 1. The average molecular weight is 335 g/mol. The number of amides is 1. The van der Waals surface area contributed by atoms with Gasteiger partial charge in [0.05, 0.1) is 11.3 Å². The molecule has 2 rings (SSSR count). The van der Waals surface area contributed by atoms with Crippen LogP contribution in [0.4, 0.5) is 5.69 Å². The molecule has 2 aromatic rings. The van der Waals surface area contributed by atoms with E-state index >= 15 is 0 Å². The fourth-order valence-electron chi connectivity index (χ4n) is 1.67. The molecule has 0 aliphatic heterocycles. The van der Waals surface area contributed by atoms with Gasteiger partial charge in [-0.05, 0) is 40.2 Å². The van der Waals surface area contributed by atoms with Crippen molar-refractivity contribution in [2.45, 2.75) is 0 Å². The fourth-order valence-corrected chi connectivity index (χ4v) is 2.22. The highest BCUT2D eigenvalue weighted by Gasteiger charge is 2.16. The second-order valence-electron chi connectivity index (χ2n) is 4.05. The van der Waals surface area contributed by atoms with Gasteiger partial charge in [0, 0.05) is 17.7 Å². The standard InChI is InChI=1S/C14H11BrN2O3/c1-17(12-5-3-2-4-10(12)15)13(18)9-6-7-11(14(19)20)16-8-9/h2-8H,1H3,(H,19,20). The van der Waals surface area contributed by atoms with E-state index in [-0.39, 0.29) is 11.6 Å². The van der Waals surface area contributed by atoms with Crippen LogP contribution in [-0.4, -0.2) is 29.0 Å². The average Bonchev–Trinajstić information content (AvgIpc) is 2.46. The van der Waals surface area contributed by atoms with Crippen LogP contribution in [0.3, 0.4) is 0 Å². The van der Waals surface area contributed by atoms with Crippen LogP contribution in [0.2, 0.25) is 0 Å². The molecule has 0 saturated carbocycles. The Morgan fingerprint density at radius 2 is 1.90 bits per heavy atom. The second-order valence-corrected chi connectivity index (χ2v) is 4.91. The summed E-state index contributed by atoms with van der Waals surface area (Å²) in [5, 5.41) is 8.77. The number of carboxylic acids is 1. The summed E-state index contributed by atoms with van der Waals surface area (Å²) in [5.41, 5.74) is 0.957. The molecule has 1 heterocycles. The summed E-state index contributed by atoms with van der Waals surface area (Å²) in [4.78, 5) is 28.2. The van der Waals surface area contributed by atoms with E-state index in [4.69, 9.17) is 5.11 Å². The third-order valence-corrected chi connectivity index (χ3v) is 3.42. The van der Waals surface area contributed by atoms with Gasteiger partial charge in [0.15, 0.2) is 0 Å². The first-order chi connectivity index (χ1) is 9.50. The minimum absolute atomic E-state index is 0.0925. The van der Waals surface area contributed by atoms with E-state index in [1.807, 2.05) is 18.2 Å². The van der Waals surface area contributed by atoms with E-state index in [0.29, 0.717) is 5.56 Å². The predicted molar refractivity (Wildman–Crippen MR) is 78.1 cm³/mol. The van der Waals surface area contributed by atoms with Crippen molar-refractivity contribution in [3.63, 3.8) is 0 Å². The van der Waals surface area contributed by atoms with Crippen LogP contribution in [-0.2, 0) is 0 Å². The quantitative estimate of drug-likeness (QED) is 0.936. The van der Waals surface area contributed by atoms with E-state index in [1.54, 1.807) is 13.1 Å². The molecule has 1 aromatic carbocycles. The van der Waals surface area contributed by atoms with Gasteiger partial charge < -0.3 is 10.0 Å². The zero-order chi connectivity index (χ0) is 14.7. The van der Waals surface area contributed by atoms with Crippen LogP contribution in [0.5, 0.6) is 0 Å². The number of carbonyl (C=O) groups excluding carboxylic acids is 1. The number of benzene rings is 1. The molecule has 20 heavy (non-hydrogen) atoms.